The molecule has 8 nitrogen and oxygen atoms in total. The molecule has 0 unspecified atom stereocenters. The predicted octanol–water partition coefficient (Wildman–Crippen LogP) is 4.14. The molecule has 1 N–H and O–H groups in total. The number of rotatable bonds is 4. The number of nitrogens with one attached hydrogen (secondary N) is 1. The summed E-state index contributed by atoms with van der Waals surface area (Å²) in [4.78, 5) is 18.4. The summed E-state index contributed by atoms with van der Waals surface area (Å²) >= 11 is 0. The fraction of sp³-hybridized carbons (Fsp3) is 0.400. The molecule has 0 spiro atoms. The monoisotopic (exact) mass is 509 g/mol. The summed E-state index contributed by atoms with van der Waals surface area (Å²) in [6.07, 6.45) is 7.00. The van der Waals surface area contributed by atoms with Crippen molar-refractivity contribution in [2.75, 3.05) is 30.4 Å². The van der Waals surface area contributed by atoms with E-state index in [1.165, 1.54) is 36.9 Å². The molecule has 0 bridgehead atoms. The van der Waals surface area contributed by atoms with Crippen molar-refractivity contribution in [3.63, 3.8) is 0 Å². The van der Waals surface area contributed by atoms with Gasteiger partial charge in [0.2, 0.25) is 0 Å². The molecule has 5 heterocycles. The summed E-state index contributed by atoms with van der Waals surface area (Å²) in [5.41, 5.74) is 9.22. The number of pyridine rings is 1. The topological polar surface area (TPSA) is 63.3 Å². The van der Waals surface area contributed by atoms with Gasteiger partial charge in [0.25, 0.3) is 5.56 Å². The van der Waals surface area contributed by atoms with Crippen LogP contribution in [0.25, 0.3) is 11.1 Å². The average Bonchev–Trinajstić information content (AvgIpc) is 3.51. The van der Waals surface area contributed by atoms with Gasteiger partial charge >= 0.3 is 0 Å². The Morgan fingerprint density at radius 1 is 0.895 bits per heavy atom. The number of aromatic nitrogens is 4. The third-order valence-electron chi connectivity index (χ3n) is 8.44. The summed E-state index contributed by atoms with van der Waals surface area (Å²) in [5, 5.41) is 8.28. The van der Waals surface area contributed by atoms with Crippen LogP contribution in [0.3, 0.4) is 0 Å². The highest BCUT2D eigenvalue weighted by molar-refractivity contribution is 5.90. The first-order valence-electron chi connectivity index (χ1n) is 13.8. The third-order valence-corrected chi connectivity index (χ3v) is 8.44. The second kappa shape index (κ2) is 9.20. The van der Waals surface area contributed by atoms with Gasteiger partial charge in [0.05, 0.1) is 24.5 Å². The van der Waals surface area contributed by atoms with E-state index in [0.717, 1.165) is 67.6 Å². The summed E-state index contributed by atoms with van der Waals surface area (Å²) in [6, 6.07) is 14.8. The van der Waals surface area contributed by atoms with Crippen LogP contribution in [0.5, 0.6) is 0 Å². The Hall–Kier alpha value is -3.78. The minimum atomic E-state index is -0.0495. The van der Waals surface area contributed by atoms with Crippen LogP contribution in [-0.4, -0.2) is 44.0 Å². The van der Waals surface area contributed by atoms with E-state index >= 15 is 0 Å². The van der Waals surface area contributed by atoms with Gasteiger partial charge in [-0.05, 0) is 49.9 Å². The molecular weight excluding hydrogens is 474 g/mol. The molecule has 1 aromatic carbocycles. The molecule has 2 aliphatic heterocycles. The van der Waals surface area contributed by atoms with Gasteiger partial charge in [-0.1, -0.05) is 30.3 Å². The van der Waals surface area contributed by atoms with Gasteiger partial charge in [0, 0.05) is 62.4 Å². The van der Waals surface area contributed by atoms with Crippen LogP contribution < -0.4 is 15.8 Å². The number of benzene rings is 1. The SMILES string of the molecule is CN1CCn2nc(Nc3c(-c4ccccc4)c(N4CCn5c(cc6c5CCCC6)C4)cn(C)c3=O)cc2C1. The number of nitrogens with zero attached hydrogens (tertiary/aromatic N) is 6. The molecule has 0 atom stereocenters. The van der Waals surface area contributed by atoms with E-state index in [1.54, 1.807) is 10.3 Å². The molecule has 0 radical (unpaired) electrons. The molecule has 0 fully saturated rings. The summed E-state index contributed by atoms with van der Waals surface area (Å²) < 4.78 is 6.33. The number of aryl methyl sites for hydroxylation is 2. The van der Waals surface area contributed by atoms with Crippen molar-refractivity contribution in [3.8, 4) is 11.1 Å². The normalized spacial score (nSPS) is 17.2. The number of hydrogen-bond donors (Lipinski definition) is 1. The summed E-state index contributed by atoms with van der Waals surface area (Å²) in [5.74, 6) is 0.724. The molecule has 0 saturated heterocycles. The van der Waals surface area contributed by atoms with E-state index in [4.69, 9.17) is 5.10 Å². The largest absolute Gasteiger partial charge is 0.362 e. The Balaban J connectivity index is 1.32. The average molecular weight is 510 g/mol. The highest BCUT2D eigenvalue weighted by Gasteiger charge is 2.27. The molecule has 8 heteroatoms. The smallest absolute Gasteiger partial charge is 0.274 e. The van der Waals surface area contributed by atoms with Crippen LogP contribution in [0, 0.1) is 0 Å². The fourth-order valence-corrected chi connectivity index (χ4v) is 6.50. The number of fused-ring (bicyclic) bond motifs is 4. The number of hydrogen-bond acceptors (Lipinski definition) is 5. The van der Waals surface area contributed by atoms with Crippen LogP contribution in [0.15, 0.2) is 53.5 Å². The molecule has 0 saturated carbocycles. The Morgan fingerprint density at radius 3 is 2.61 bits per heavy atom. The van der Waals surface area contributed by atoms with Crippen LogP contribution >= 0.6 is 0 Å². The van der Waals surface area contributed by atoms with Gasteiger partial charge < -0.3 is 19.4 Å². The third kappa shape index (κ3) is 3.95. The second-order valence-electron chi connectivity index (χ2n) is 11.0. The standard InChI is InChI=1S/C30H35N7O/c1-33-12-15-37-24(18-33)17-27(32-37)31-29-28(21-8-4-3-5-9-21)26(20-34(2)30(29)38)35-13-14-36-23(19-35)16-22-10-6-7-11-25(22)36/h3-5,8-9,16-17,20H,6-7,10-15,18-19H2,1-2H3,(H,31,32). The Morgan fingerprint density at radius 2 is 1.74 bits per heavy atom. The molecule has 196 valence electrons. The van der Waals surface area contributed by atoms with E-state index in [0.29, 0.717) is 5.69 Å². The lowest BCUT2D eigenvalue weighted by molar-refractivity contribution is 0.259. The number of likely N-dealkylation sites (N-methyl/N-ethyl adjacent to an activating group) is 1. The lowest BCUT2D eigenvalue weighted by Crippen LogP contribution is -2.35. The van der Waals surface area contributed by atoms with E-state index in [1.807, 2.05) is 31.4 Å². The van der Waals surface area contributed by atoms with Crippen LogP contribution in [-0.2, 0) is 46.1 Å². The lowest BCUT2D eigenvalue weighted by atomic mass is 9.98. The van der Waals surface area contributed by atoms with E-state index in [-0.39, 0.29) is 5.56 Å². The quantitative estimate of drug-likeness (QED) is 0.448. The maximum Gasteiger partial charge on any atom is 0.274 e. The van der Waals surface area contributed by atoms with Crippen molar-refractivity contribution in [2.24, 2.45) is 7.05 Å². The maximum absolute atomic E-state index is 13.7. The van der Waals surface area contributed by atoms with Crippen molar-refractivity contribution in [1.82, 2.24) is 23.8 Å². The molecule has 7 rings (SSSR count). The van der Waals surface area contributed by atoms with Gasteiger partial charge in [-0.25, -0.2) is 0 Å². The second-order valence-corrected chi connectivity index (χ2v) is 11.0. The van der Waals surface area contributed by atoms with E-state index < -0.39 is 0 Å². The van der Waals surface area contributed by atoms with Crippen molar-refractivity contribution in [3.05, 3.63) is 81.7 Å². The minimum Gasteiger partial charge on any atom is -0.362 e. The predicted molar refractivity (Wildman–Crippen MR) is 151 cm³/mol. The van der Waals surface area contributed by atoms with Crippen LogP contribution in [0.1, 0.15) is 35.5 Å². The molecule has 4 aromatic rings. The van der Waals surface area contributed by atoms with Gasteiger partial charge in [0.15, 0.2) is 5.82 Å². The maximum atomic E-state index is 13.7. The Kier molecular flexibility index (Phi) is 5.65. The summed E-state index contributed by atoms with van der Waals surface area (Å²) in [6.45, 7) is 5.42. The van der Waals surface area contributed by atoms with Crippen molar-refractivity contribution >= 4 is 17.2 Å². The van der Waals surface area contributed by atoms with Gasteiger partial charge in [-0.3, -0.25) is 14.4 Å². The van der Waals surface area contributed by atoms with E-state index in [2.05, 4.69) is 55.7 Å². The molecule has 38 heavy (non-hydrogen) atoms. The summed E-state index contributed by atoms with van der Waals surface area (Å²) in [7, 11) is 3.98. The zero-order chi connectivity index (χ0) is 25.8. The zero-order valence-electron chi connectivity index (χ0n) is 22.3. The minimum absolute atomic E-state index is 0.0495. The number of anilines is 3. The molecule has 1 aliphatic carbocycles. The van der Waals surface area contributed by atoms with Crippen molar-refractivity contribution in [2.45, 2.75) is 51.9 Å². The van der Waals surface area contributed by atoms with Crippen molar-refractivity contribution in [1.29, 1.82) is 0 Å². The highest BCUT2D eigenvalue weighted by Crippen LogP contribution is 2.39. The van der Waals surface area contributed by atoms with Crippen molar-refractivity contribution < 1.29 is 0 Å². The molecule has 0 amide bonds. The first-order valence-corrected chi connectivity index (χ1v) is 13.8. The molecule has 3 aromatic heterocycles. The van der Waals surface area contributed by atoms with Gasteiger partial charge in [-0.2, -0.15) is 5.10 Å². The lowest BCUT2D eigenvalue weighted by Gasteiger charge is -2.34. The molecule has 3 aliphatic rings. The van der Waals surface area contributed by atoms with Gasteiger partial charge in [0.1, 0.15) is 5.69 Å². The molecular formula is C30H35N7O. The highest BCUT2D eigenvalue weighted by atomic mass is 16.1. The Bertz CT molecular complexity index is 1560. The Labute approximate surface area is 223 Å². The van der Waals surface area contributed by atoms with Crippen LogP contribution in [0.4, 0.5) is 17.2 Å². The van der Waals surface area contributed by atoms with E-state index in [9.17, 15) is 4.79 Å². The first kappa shape index (κ1) is 23.3. The fourth-order valence-electron chi connectivity index (χ4n) is 6.50. The van der Waals surface area contributed by atoms with Gasteiger partial charge in [-0.15, -0.1) is 0 Å². The first-order chi connectivity index (χ1) is 18.5. The van der Waals surface area contributed by atoms with Crippen LogP contribution in [0.2, 0.25) is 0 Å². The zero-order valence-corrected chi connectivity index (χ0v) is 22.3.